The molecule has 8 heteroatoms. The van der Waals surface area contributed by atoms with Crippen LogP contribution in [-0.2, 0) is 27.2 Å². The Morgan fingerprint density at radius 1 is 1.31 bits per heavy atom. The quantitative estimate of drug-likeness (QED) is 0.611. The van der Waals surface area contributed by atoms with Crippen LogP contribution in [0.2, 0.25) is 0 Å². The molecule has 7 nitrogen and oxygen atoms in total. The van der Waals surface area contributed by atoms with Crippen LogP contribution in [0, 0.1) is 5.92 Å². The van der Waals surface area contributed by atoms with Crippen LogP contribution in [0.3, 0.4) is 0 Å². The number of hydrogen-bond acceptors (Lipinski definition) is 5. The highest BCUT2D eigenvalue weighted by atomic mass is 32.1. The molecule has 0 aromatic carbocycles. The minimum atomic E-state index is -0.479. The summed E-state index contributed by atoms with van der Waals surface area (Å²) in [5.74, 6) is -0.937. The zero-order valence-electron chi connectivity index (χ0n) is 15.1. The molecule has 1 unspecified atom stereocenters. The van der Waals surface area contributed by atoms with Gasteiger partial charge in [-0.25, -0.2) is 0 Å². The van der Waals surface area contributed by atoms with Gasteiger partial charge in [0.05, 0.1) is 25.3 Å². The van der Waals surface area contributed by atoms with Crippen LogP contribution < -0.4 is 16.0 Å². The number of esters is 1. The highest BCUT2D eigenvalue weighted by molar-refractivity contribution is 7.17. The highest BCUT2D eigenvalue weighted by Crippen LogP contribution is 2.38. The summed E-state index contributed by atoms with van der Waals surface area (Å²) in [5.41, 5.74) is 7.02. The summed E-state index contributed by atoms with van der Waals surface area (Å²) in [5, 5.41) is 3.45. The maximum Gasteiger partial charge on any atom is 0.314 e. The SMILES string of the molecule is CCOC(=O)[C@H]1CCC[NH+](CC(=O)Nc2sc3c(c2C(N)=O)CCC3)C1. The lowest BCUT2D eigenvalue weighted by Gasteiger charge is -2.28. The lowest BCUT2D eigenvalue weighted by molar-refractivity contribution is -0.899. The molecule has 1 aliphatic heterocycles. The smallest absolute Gasteiger partial charge is 0.314 e. The number of amides is 2. The van der Waals surface area contributed by atoms with Crippen LogP contribution in [0.25, 0.3) is 0 Å². The van der Waals surface area contributed by atoms with E-state index < -0.39 is 5.91 Å². The Kier molecular flexibility index (Phi) is 5.93. The molecule has 1 fully saturated rings. The number of nitrogens with one attached hydrogen (secondary N) is 2. The van der Waals surface area contributed by atoms with Crippen molar-refractivity contribution in [1.82, 2.24) is 0 Å². The molecule has 0 radical (unpaired) electrons. The molecule has 2 amide bonds. The van der Waals surface area contributed by atoms with Gasteiger partial charge in [0.25, 0.3) is 11.8 Å². The molecule has 2 heterocycles. The van der Waals surface area contributed by atoms with Crippen molar-refractivity contribution in [3.63, 3.8) is 0 Å². The first-order valence-electron chi connectivity index (χ1n) is 9.24. The Hall–Kier alpha value is -1.93. The predicted octanol–water partition coefficient (Wildman–Crippen LogP) is 0.132. The van der Waals surface area contributed by atoms with Crippen LogP contribution in [-0.4, -0.2) is 44.0 Å². The molecule has 3 rings (SSSR count). The van der Waals surface area contributed by atoms with Gasteiger partial charge in [0.15, 0.2) is 6.54 Å². The molecule has 142 valence electrons. The molecule has 0 spiro atoms. The van der Waals surface area contributed by atoms with E-state index in [4.69, 9.17) is 10.5 Å². The summed E-state index contributed by atoms with van der Waals surface area (Å²) in [6, 6.07) is 0. The molecule has 0 bridgehead atoms. The summed E-state index contributed by atoms with van der Waals surface area (Å²) >= 11 is 1.46. The number of quaternary nitrogens is 1. The minimum absolute atomic E-state index is 0.141. The third kappa shape index (κ3) is 4.07. The largest absolute Gasteiger partial charge is 0.466 e. The topological polar surface area (TPSA) is 103 Å². The number of primary amides is 1. The van der Waals surface area contributed by atoms with Crippen molar-refractivity contribution in [1.29, 1.82) is 0 Å². The molecule has 2 atom stereocenters. The average molecular weight is 380 g/mol. The van der Waals surface area contributed by atoms with Gasteiger partial charge in [0.1, 0.15) is 10.9 Å². The number of likely N-dealkylation sites (tertiary alicyclic amines) is 1. The molecule has 26 heavy (non-hydrogen) atoms. The van der Waals surface area contributed by atoms with Gasteiger partial charge >= 0.3 is 5.97 Å². The van der Waals surface area contributed by atoms with Gasteiger partial charge in [-0.3, -0.25) is 14.4 Å². The number of fused-ring (bicyclic) bond motifs is 1. The number of carbonyl (C=O) groups excluding carboxylic acids is 3. The van der Waals surface area contributed by atoms with Crippen molar-refractivity contribution in [3.05, 3.63) is 16.0 Å². The van der Waals surface area contributed by atoms with E-state index in [1.165, 1.54) is 11.3 Å². The summed E-state index contributed by atoms with van der Waals surface area (Å²) in [4.78, 5) is 38.5. The van der Waals surface area contributed by atoms with Crippen molar-refractivity contribution in [2.75, 3.05) is 31.6 Å². The van der Waals surface area contributed by atoms with Crippen LogP contribution >= 0.6 is 11.3 Å². The van der Waals surface area contributed by atoms with Gasteiger partial charge in [-0.05, 0) is 44.6 Å². The molecule has 0 saturated carbocycles. The third-order valence-corrected chi connectivity index (χ3v) is 6.28. The first kappa shape index (κ1) is 18.8. The van der Waals surface area contributed by atoms with E-state index in [1.54, 1.807) is 6.92 Å². The summed E-state index contributed by atoms with van der Waals surface area (Å²) < 4.78 is 5.10. The van der Waals surface area contributed by atoms with Crippen LogP contribution in [0.5, 0.6) is 0 Å². The minimum Gasteiger partial charge on any atom is -0.466 e. The molecule has 1 saturated heterocycles. The van der Waals surface area contributed by atoms with Crippen LogP contribution in [0.1, 0.15) is 47.0 Å². The number of thiophene rings is 1. The average Bonchev–Trinajstić information content (AvgIpc) is 3.15. The van der Waals surface area contributed by atoms with Gasteiger partial charge in [-0.1, -0.05) is 0 Å². The van der Waals surface area contributed by atoms with Crippen molar-refractivity contribution in [2.24, 2.45) is 11.7 Å². The molecule has 1 aliphatic carbocycles. The van der Waals surface area contributed by atoms with E-state index in [-0.39, 0.29) is 24.3 Å². The maximum atomic E-state index is 12.5. The zero-order valence-corrected chi connectivity index (χ0v) is 15.9. The number of rotatable bonds is 6. The molecular weight excluding hydrogens is 354 g/mol. The Bertz CT molecular complexity index is 716. The normalized spacial score (nSPS) is 21.9. The Morgan fingerprint density at radius 2 is 2.12 bits per heavy atom. The number of hydrogen-bond donors (Lipinski definition) is 3. The number of piperidine rings is 1. The van der Waals surface area contributed by atoms with Crippen LogP contribution in [0.4, 0.5) is 5.00 Å². The predicted molar refractivity (Wildman–Crippen MR) is 98.4 cm³/mol. The first-order chi connectivity index (χ1) is 12.5. The maximum absolute atomic E-state index is 12.5. The lowest BCUT2D eigenvalue weighted by Crippen LogP contribution is -3.14. The van der Waals surface area contributed by atoms with E-state index in [0.29, 0.717) is 23.7 Å². The van der Waals surface area contributed by atoms with E-state index in [1.807, 2.05) is 0 Å². The van der Waals surface area contributed by atoms with Crippen molar-refractivity contribution < 1.29 is 24.0 Å². The van der Waals surface area contributed by atoms with E-state index in [0.717, 1.165) is 54.0 Å². The van der Waals surface area contributed by atoms with Gasteiger partial charge in [-0.2, -0.15) is 0 Å². The van der Waals surface area contributed by atoms with E-state index in [9.17, 15) is 14.4 Å². The summed E-state index contributed by atoms with van der Waals surface area (Å²) in [6.07, 6.45) is 4.52. The summed E-state index contributed by atoms with van der Waals surface area (Å²) in [7, 11) is 0. The van der Waals surface area contributed by atoms with Gasteiger partial charge < -0.3 is 20.7 Å². The fraction of sp³-hybridized carbons (Fsp3) is 0.611. The second-order valence-corrected chi connectivity index (χ2v) is 8.05. The Labute approximate surface area is 156 Å². The molecule has 1 aromatic rings. The zero-order chi connectivity index (χ0) is 18.7. The fourth-order valence-electron chi connectivity index (χ4n) is 3.92. The van der Waals surface area contributed by atoms with Crippen molar-refractivity contribution in [3.8, 4) is 0 Å². The summed E-state index contributed by atoms with van der Waals surface area (Å²) in [6.45, 7) is 3.91. The van der Waals surface area contributed by atoms with Crippen molar-refractivity contribution in [2.45, 2.75) is 39.0 Å². The fourth-order valence-corrected chi connectivity index (χ4v) is 5.23. The Balaban J connectivity index is 1.61. The third-order valence-electron chi connectivity index (χ3n) is 5.07. The highest BCUT2D eigenvalue weighted by Gasteiger charge is 2.31. The molecular formula is C18H26N3O4S+. The van der Waals surface area contributed by atoms with Gasteiger partial charge in [0.2, 0.25) is 0 Å². The number of nitrogens with two attached hydrogens (primary N) is 1. The van der Waals surface area contributed by atoms with E-state index in [2.05, 4.69) is 5.32 Å². The lowest BCUT2D eigenvalue weighted by atomic mass is 9.98. The second kappa shape index (κ2) is 8.18. The number of anilines is 1. The van der Waals surface area contributed by atoms with Gasteiger partial charge in [0, 0.05) is 4.88 Å². The standard InChI is InChI=1S/C18H25N3O4S/c1-2-25-18(24)11-5-4-8-21(9-11)10-14(22)20-17-15(16(19)23)12-6-3-7-13(12)26-17/h11H,2-10H2,1H3,(H2,19,23)(H,20,22)/p+1/t11-/m0/s1. The van der Waals surface area contributed by atoms with Crippen LogP contribution in [0.15, 0.2) is 0 Å². The number of aryl methyl sites for hydroxylation is 1. The monoisotopic (exact) mass is 380 g/mol. The van der Waals surface area contributed by atoms with E-state index >= 15 is 0 Å². The first-order valence-corrected chi connectivity index (χ1v) is 10.1. The molecule has 2 aliphatic rings. The number of ether oxygens (including phenoxy) is 1. The Morgan fingerprint density at radius 3 is 2.85 bits per heavy atom. The molecule has 4 N–H and O–H groups in total. The van der Waals surface area contributed by atoms with Crippen molar-refractivity contribution >= 4 is 34.1 Å². The number of carbonyl (C=O) groups is 3. The molecule has 1 aromatic heterocycles. The second-order valence-electron chi connectivity index (χ2n) is 6.95. The van der Waals surface area contributed by atoms with Gasteiger partial charge in [-0.15, -0.1) is 11.3 Å².